The van der Waals surface area contributed by atoms with E-state index in [1.54, 1.807) is 46.8 Å². The molecule has 1 aliphatic heterocycles. The number of ether oxygens (including phenoxy) is 2. The number of carbonyl (C=O) groups excluding carboxylic acids is 1. The molecule has 0 saturated carbocycles. The summed E-state index contributed by atoms with van der Waals surface area (Å²) >= 11 is 0. The lowest BCUT2D eigenvalue weighted by Crippen LogP contribution is -2.40. The molecule has 2 N–H and O–H groups in total. The van der Waals surface area contributed by atoms with Gasteiger partial charge in [-0.15, -0.1) is 0 Å². The van der Waals surface area contributed by atoms with Crippen LogP contribution in [0, 0.1) is 20.8 Å². The molecule has 2 aromatic rings. The molecule has 0 radical (unpaired) electrons. The molecule has 3 rings (SSSR count). The van der Waals surface area contributed by atoms with E-state index in [4.69, 9.17) is 9.47 Å². The summed E-state index contributed by atoms with van der Waals surface area (Å²) in [5.74, 6) is -1.05. The Kier molecular flexibility index (Phi) is 7.71. The quantitative estimate of drug-likeness (QED) is 0.583. The molecule has 9 nitrogen and oxygen atoms in total. The van der Waals surface area contributed by atoms with Crippen LogP contribution < -0.4 is 9.46 Å². The Balaban J connectivity index is 2.02. The van der Waals surface area contributed by atoms with Gasteiger partial charge in [-0.05, 0) is 65.2 Å². The number of hydrogen-bond acceptors (Lipinski definition) is 6. The van der Waals surface area contributed by atoms with Crippen LogP contribution in [0.1, 0.15) is 65.8 Å². The van der Waals surface area contributed by atoms with Crippen LogP contribution >= 0.6 is 0 Å². The van der Waals surface area contributed by atoms with E-state index in [2.05, 4.69) is 4.72 Å². The number of hydrogen-bond donors (Lipinski definition) is 2. The highest BCUT2D eigenvalue weighted by atomic mass is 32.2. The van der Waals surface area contributed by atoms with Crippen molar-refractivity contribution in [3.05, 3.63) is 58.1 Å². The van der Waals surface area contributed by atoms with Crippen LogP contribution in [-0.2, 0) is 14.8 Å². The number of amides is 1. The molecule has 0 aliphatic carbocycles. The molecule has 1 heterocycles. The molecule has 0 unspecified atom stereocenters. The molecule has 36 heavy (non-hydrogen) atoms. The maximum Gasteiger partial charge on any atom is 0.410 e. The zero-order valence-corrected chi connectivity index (χ0v) is 22.5. The fourth-order valence-electron chi connectivity index (χ4n) is 4.82. The van der Waals surface area contributed by atoms with E-state index in [0.29, 0.717) is 16.7 Å². The van der Waals surface area contributed by atoms with E-state index < -0.39 is 39.8 Å². The van der Waals surface area contributed by atoms with Crippen molar-refractivity contribution in [3.8, 4) is 5.75 Å². The van der Waals surface area contributed by atoms with Crippen molar-refractivity contribution in [2.45, 2.75) is 70.5 Å². The number of benzene rings is 2. The van der Waals surface area contributed by atoms with Gasteiger partial charge >= 0.3 is 12.1 Å². The van der Waals surface area contributed by atoms with Crippen LogP contribution in [0.3, 0.4) is 0 Å². The molecule has 0 spiro atoms. The lowest BCUT2D eigenvalue weighted by Gasteiger charge is -2.29. The van der Waals surface area contributed by atoms with Crippen molar-refractivity contribution < 1.29 is 32.6 Å². The molecular weight excluding hydrogens is 484 g/mol. The summed E-state index contributed by atoms with van der Waals surface area (Å²) in [4.78, 5) is 26.6. The number of sulfonamides is 1. The molecular formula is C26H34N2O7S. The third kappa shape index (κ3) is 5.82. The minimum atomic E-state index is -3.90. The van der Waals surface area contributed by atoms with Gasteiger partial charge in [0.15, 0.2) is 0 Å². The Bertz CT molecular complexity index is 1260. The van der Waals surface area contributed by atoms with Crippen LogP contribution in [0.15, 0.2) is 35.2 Å². The third-order valence-corrected chi connectivity index (χ3v) is 7.79. The predicted molar refractivity (Wildman–Crippen MR) is 135 cm³/mol. The second-order valence-corrected chi connectivity index (χ2v) is 11.8. The largest absolute Gasteiger partial charge is 0.495 e. The van der Waals surface area contributed by atoms with Gasteiger partial charge in [0.1, 0.15) is 16.9 Å². The van der Waals surface area contributed by atoms with Gasteiger partial charge < -0.3 is 14.6 Å². The summed E-state index contributed by atoms with van der Waals surface area (Å²) in [5.41, 5.74) is 1.87. The van der Waals surface area contributed by atoms with Gasteiger partial charge in [0.25, 0.3) is 0 Å². The predicted octanol–water partition coefficient (Wildman–Crippen LogP) is 4.35. The second-order valence-electron chi connectivity index (χ2n) is 10.2. The topological polar surface area (TPSA) is 122 Å². The van der Waals surface area contributed by atoms with Gasteiger partial charge in [-0.2, -0.15) is 0 Å². The number of methoxy groups -OCH3 is 1. The summed E-state index contributed by atoms with van der Waals surface area (Å²) in [6.07, 6.45) is -0.415. The molecule has 1 saturated heterocycles. The summed E-state index contributed by atoms with van der Waals surface area (Å²) in [6, 6.07) is 7.00. The molecule has 1 amide bonds. The smallest absolute Gasteiger partial charge is 0.410 e. The highest BCUT2D eigenvalue weighted by Crippen LogP contribution is 2.40. The van der Waals surface area contributed by atoms with E-state index in [1.807, 2.05) is 19.1 Å². The first kappa shape index (κ1) is 27.5. The van der Waals surface area contributed by atoms with Crippen molar-refractivity contribution >= 4 is 22.1 Å². The Morgan fingerprint density at radius 2 is 1.72 bits per heavy atom. The molecule has 2 aromatic carbocycles. The number of carboxylic acid groups (broad SMARTS) is 1. The van der Waals surface area contributed by atoms with Crippen LogP contribution in [0.4, 0.5) is 4.79 Å². The minimum absolute atomic E-state index is 0.0449. The number of para-hydroxylation sites is 1. The maximum absolute atomic E-state index is 13.4. The van der Waals surface area contributed by atoms with Crippen LogP contribution in [0.25, 0.3) is 0 Å². The van der Waals surface area contributed by atoms with Gasteiger partial charge in [0.05, 0.1) is 18.0 Å². The summed E-state index contributed by atoms with van der Waals surface area (Å²) in [5, 5.41) is 9.62. The van der Waals surface area contributed by atoms with Gasteiger partial charge in [-0.1, -0.05) is 29.8 Å². The van der Waals surface area contributed by atoms with Gasteiger partial charge in [0, 0.05) is 18.2 Å². The van der Waals surface area contributed by atoms with Gasteiger partial charge in [0.2, 0.25) is 10.0 Å². The number of nitrogens with zero attached hydrogens (tertiary/aromatic N) is 1. The van der Waals surface area contributed by atoms with Crippen molar-refractivity contribution in [2.24, 2.45) is 0 Å². The normalized spacial score (nSPS) is 18.2. The highest BCUT2D eigenvalue weighted by Gasteiger charge is 2.42. The van der Waals surface area contributed by atoms with Crippen molar-refractivity contribution in [2.75, 3.05) is 13.7 Å². The van der Waals surface area contributed by atoms with Gasteiger partial charge in [-0.3, -0.25) is 4.90 Å². The van der Waals surface area contributed by atoms with Crippen LogP contribution in [-0.4, -0.2) is 55.8 Å². The number of likely N-dealkylation sites (tertiary alicyclic amines) is 1. The first-order valence-electron chi connectivity index (χ1n) is 11.6. The average molecular weight is 519 g/mol. The molecule has 1 fully saturated rings. The first-order chi connectivity index (χ1) is 16.6. The fraction of sp³-hybridized carbons (Fsp3) is 0.462. The summed E-state index contributed by atoms with van der Waals surface area (Å²) < 4.78 is 40.6. The monoisotopic (exact) mass is 518 g/mol. The van der Waals surface area contributed by atoms with Crippen molar-refractivity contribution in [1.29, 1.82) is 0 Å². The number of aryl methyl sites for hydroxylation is 3. The molecule has 2 atom stereocenters. The van der Waals surface area contributed by atoms with E-state index in [0.717, 1.165) is 5.56 Å². The standard InChI is InChI=1S/C26H34N2O7S/c1-15-11-16(2)23(17(3)12-15)36(32,33)27-18-13-21(28(14-18)25(31)35-26(4,5)6)19-9-8-10-20(24(29)30)22(19)34-7/h8-12,18,21,27H,13-14H2,1-7H3,(H,29,30)/t18-,21-/m0/s1. The molecule has 196 valence electrons. The Labute approximate surface area is 212 Å². The number of rotatable bonds is 6. The molecule has 0 aromatic heterocycles. The van der Waals surface area contributed by atoms with Crippen molar-refractivity contribution in [1.82, 2.24) is 9.62 Å². The number of aromatic carboxylic acids is 1. The maximum atomic E-state index is 13.4. The third-order valence-electron chi connectivity index (χ3n) is 5.96. The average Bonchev–Trinajstić information content (AvgIpc) is 3.13. The van der Waals surface area contributed by atoms with E-state index in [1.165, 1.54) is 18.1 Å². The Morgan fingerprint density at radius 3 is 2.25 bits per heavy atom. The number of carboxylic acids is 1. The minimum Gasteiger partial charge on any atom is -0.495 e. The van der Waals surface area contributed by atoms with Crippen molar-refractivity contribution in [3.63, 3.8) is 0 Å². The number of carbonyl (C=O) groups is 2. The highest BCUT2D eigenvalue weighted by molar-refractivity contribution is 7.89. The van der Waals surface area contributed by atoms with Crippen LogP contribution in [0.5, 0.6) is 5.75 Å². The van der Waals surface area contributed by atoms with Crippen LogP contribution in [0.2, 0.25) is 0 Å². The lowest BCUT2D eigenvalue weighted by molar-refractivity contribution is 0.0220. The van der Waals surface area contributed by atoms with E-state index in [9.17, 15) is 23.1 Å². The molecule has 1 aliphatic rings. The zero-order valence-electron chi connectivity index (χ0n) is 21.7. The van der Waals surface area contributed by atoms with E-state index >= 15 is 0 Å². The summed E-state index contributed by atoms with van der Waals surface area (Å²) in [7, 11) is -2.54. The Hall–Kier alpha value is -3.11. The Morgan fingerprint density at radius 1 is 1.11 bits per heavy atom. The SMILES string of the molecule is COc1c(C(=O)O)cccc1[C@@H]1C[C@H](NS(=O)(=O)c2c(C)cc(C)cc2C)CN1C(=O)OC(C)(C)C. The summed E-state index contributed by atoms with van der Waals surface area (Å²) in [6.45, 7) is 10.7. The fourth-order valence-corrected chi connectivity index (χ4v) is 6.51. The molecule has 10 heteroatoms. The van der Waals surface area contributed by atoms with E-state index in [-0.39, 0.29) is 29.2 Å². The lowest BCUT2D eigenvalue weighted by atomic mass is 9.99. The molecule has 0 bridgehead atoms. The first-order valence-corrected chi connectivity index (χ1v) is 13.1. The second kappa shape index (κ2) is 10.1. The zero-order chi connectivity index (χ0) is 27.0. The number of nitrogens with one attached hydrogen (secondary N) is 1. The van der Waals surface area contributed by atoms with Gasteiger partial charge in [-0.25, -0.2) is 22.7 Å².